The summed E-state index contributed by atoms with van der Waals surface area (Å²) in [5.74, 6) is -0.281. The molecule has 0 atom stereocenters. The van der Waals surface area contributed by atoms with Crippen LogP contribution in [0, 0.1) is 0 Å². The molecule has 0 saturated heterocycles. The SMILES string of the molecule is C=C1C(=O)N(c2[nH]ccc2C(=O)CN)N=C1OCC. The number of ether oxygens (including phenoxy) is 1. The summed E-state index contributed by atoms with van der Waals surface area (Å²) in [5, 5.41) is 5.08. The molecular formula is C12H14N4O3. The van der Waals surface area contributed by atoms with Crippen molar-refractivity contribution in [2.24, 2.45) is 10.8 Å². The molecule has 7 heteroatoms. The number of carbonyl (C=O) groups excluding carboxylic acids is 2. The summed E-state index contributed by atoms with van der Waals surface area (Å²) in [6.07, 6.45) is 1.54. The molecule has 2 heterocycles. The van der Waals surface area contributed by atoms with E-state index in [0.717, 1.165) is 5.01 Å². The fourth-order valence-corrected chi connectivity index (χ4v) is 1.69. The molecule has 2 rings (SSSR count). The fourth-order valence-electron chi connectivity index (χ4n) is 1.69. The average Bonchev–Trinajstić information content (AvgIpc) is 2.98. The summed E-state index contributed by atoms with van der Waals surface area (Å²) in [6, 6.07) is 1.55. The Bertz CT molecular complexity index is 573. The van der Waals surface area contributed by atoms with Crippen LogP contribution in [-0.4, -0.2) is 35.7 Å². The standard InChI is InChI=1S/C12H14N4O3/c1-3-19-11-7(2)12(18)16(15-11)10-8(4-5-14-10)9(17)6-13/h4-5,14H,2-3,6,13H2,1H3. The van der Waals surface area contributed by atoms with Crippen molar-refractivity contribution in [1.29, 1.82) is 0 Å². The van der Waals surface area contributed by atoms with E-state index in [9.17, 15) is 9.59 Å². The lowest BCUT2D eigenvalue weighted by Gasteiger charge is -2.10. The van der Waals surface area contributed by atoms with E-state index >= 15 is 0 Å². The van der Waals surface area contributed by atoms with Gasteiger partial charge < -0.3 is 15.5 Å². The topological polar surface area (TPSA) is 101 Å². The molecule has 1 amide bonds. The zero-order valence-corrected chi connectivity index (χ0v) is 10.5. The number of aromatic amines is 1. The first kappa shape index (κ1) is 13.0. The van der Waals surface area contributed by atoms with Crippen LogP contribution in [0.25, 0.3) is 0 Å². The molecule has 0 aromatic carbocycles. The Balaban J connectivity index is 2.38. The summed E-state index contributed by atoms with van der Waals surface area (Å²) in [6.45, 7) is 5.63. The van der Waals surface area contributed by atoms with Crippen LogP contribution < -0.4 is 10.7 Å². The second-order valence-corrected chi connectivity index (χ2v) is 3.80. The molecule has 1 aliphatic heterocycles. The smallest absolute Gasteiger partial charge is 0.285 e. The fraction of sp³-hybridized carbons (Fsp3) is 0.250. The predicted molar refractivity (Wildman–Crippen MR) is 69.9 cm³/mol. The van der Waals surface area contributed by atoms with Gasteiger partial charge in [-0.15, -0.1) is 5.10 Å². The van der Waals surface area contributed by atoms with Crippen LogP contribution in [0.3, 0.4) is 0 Å². The lowest BCUT2D eigenvalue weighted by atomic mass is 10.2. The molecule has 100 valence electrons. The van der Waals surface area contributed by atoms with Gasteiger partial charge in [0.2, 0.25) is 5.90 Å². The van der Waals surface area contributed by atoms with Crippen molar-refractivity contribution < 1.29 is 14.3 Å². The van der Waals surface area contributed by atoms with Crippen molar-refractivity contribution in [1.82, 2.24) is 4.98 Å². The van der Waals surface area contributed by atoms with E-state index in [1.165, 1.54) is 0 Å². The first-order valence-electron chi connectivity index (χ1n) is 5.76. The van der Waals surface area contributed by atoms with Gasteiger partial charge in [-0.3, -0.25) is 9.59 Å². The van der Waals surface area contributed by atoms with Crippen molar-refractivity contribution in [3.8, 4) is 0 Å². The quantitative estimate of drug-likeness (QED) is 0.606. The lowest BCUT2D eigenvalue weighted by Crippen LogP contribution is -2.24. The van der Waals surface area contributed by atoms with Gasteiger partial charge in [-0.25, -0.2) is 0 Å². The van der Waals surface area contributed by atoms with Crippen LogP contribution in [0.2, 0.25) is 0 Å². The van der Waals surface area contributed by atoms with Crippen molar-refractivity contribution in [2.75, 3.05) is 18.2 Å². The molecule has 7 nitrogen and oxygen atoms in total. The molecule has 1 aliphatic rings. The van der Waals surface area contributed by atoms with E-state index < -0.39 is 5.91 Å². The molecule has 0 unspecified atom stereocenters. The minimum absolute atomic E-state index is 0.143. The Morgan fingerprint density at radius 1 is 1.63 bits per heavy atom. The number of Topliss-reactive ketones (excluding diaryl/α,β-unsaturated/α-hetero) is 1. The molecule has 1 aromatic rings. The molecular weight excluding hydrogens is 248 g/mol. The lowest BCUT2D eigenvalue weighted by molar-refractivity contribution is -0.114. The van der Waals surface area contributed by atoms with Gasteiger partial charge in [0.15, 0.2) is 5.78 Å². The van der Waals surface area contributed by atoms with E-state index in [1.54, 1.807) is 19.2 Å². The maximum atomic E-state index is 12.0. The number of ketones is 1. The summed E-state index contributed by atoms with van der Waals surface area (Å²) in [5.41, 5.74) is 5.79. The number of nitrogens with zero attached hydrogens (tertiary/aromatic N) is 2. The normalized spacial score (nSPS) is 14.8. The highest BCUT2D eigenvalue weighted by atomic mass is 16.5. The number of aromatic nitrogens is 1. The van der Waals surface area contributed by atoms with Gasteiger partial charge in [-0.05, 0) is 13.0 Å². The Hall–Kier alpha value is -2.41. The minimum atomic E-state index is -0.433. The Kier molecular flexibility index (Phi) is 3.48. The number of hydrazone groups is 1. The van der Waals surface area contributed by atoms with Gasteiger partial charge >= 0.3 is 0 Å². The maximum absolute atomic E-state index is 12.0. The van der Waals surface area contributed by atoms with Crippen LogP contribution in [0.4, 0.5) is 5.82 Å². The molecule has 0 saturated carbocycles. The Morgan fingerprint density at radius 2 is 2.37 bits per heavy atom. The molecule has 3 N–H and O–H groups in total. The molecule has 0 bridgehead atoms. The zero-order chi connectivity index (χ0) is 14.0. The highest BCUT2D eigenvalue weighted by Gasteiger charge is 2.33. The molecule has 1 aromatic heterocycles. The second kappa shape index (κ2) is 5.07. The van der Waals surface area contributed by atoms with Gasteiger partial charge in [0, 0.05) is 6.20 Å². The number of anilines is 1. The monoisotopic (exact) mass is 262 g/mol. The largest absolute Gasteiger partial charge is 0.476 e. The third kappa shape index (κ3) is 2.15. The van der Waals surface area contributed by atoms with E-state index in [-0.39, 0.29) is 29.6 Å². The number of amides is 1. The third-order valence-electron chi connectivity index (χ3n) is 2.60. The number of nitrogens with two attached hydrogens (primary N) is 1. The molecule has 19 heavy (non-hydrogen) atoms. The van der Waals surface area contributed by atoms with Crippen molar-refractivity contribution in [3.63, 3.8) is 0 Å². The van der Waals surface area contributed by atoms with E-state index in [0.29, 0.717) is 12.2 Å². The average molecular weight is 262 g/mol. The first-order chi connectivity index (χ1) is 9.10. The Labute approximate surface area is 109 Å². The predicted octanol–water partition coefficient (Wildman–Crippen LogP) is 0.409. The number of rotatable bonds is 4. The van der Waals surface area contributed by atoms with Crippen LogP contribution in [0.15, 0.2) is 29.5 Å². The maximum Gasteiger partial charge on any atom is 0.285 e. The third-order valence-corrected chi connectivity index (χ3v) is 2.60. The number of carbonyl (C=O) groups is 2. The van der Waals surface area contributed by atoms with Gasteiger partial charge in [0.25, 0.3) is 5.91 Å². The summed E-state index contributed by atoms with van der Waals surface area (Å²) in [7, 11) is 0. The number of hydrogen-bond donors (Lipinski definition) is 2. The number of nitrogens with one attached hydrogen (secondary N) is 1. The van der Waals surface area contributed by atoms with Crippen LogP contribution in [0.5, 0.6) is 0 Å². The van der Waals surface area contributed by atoms with E-state index in [4.69, 9.17) is 10.5 Å². The Morgan fingerprint density at radius 3 is 3.00 bits per heavy atom. The van der Waals surface area contributed by atoms with E-state index in [1.807, 2.05) is 0 Å². The molecule has 0 aliphatic carbocycles. The summed E-state index contributed by atoms with van der Waals surface area (Å²) < 4.78 is 5.20. The zero-order valence-electron chi connectivity index (χ0n) is 10.5. The second-order valence-electron chi connectivity index (χ2n) is 3.80. The van der Waals surface area contributed by atoms with Gasteiger partial charge in [-0.1, -0.05) is 6.58 Å². The highest BCUT2D eigenvalue weighted by molar-refractivity contribution is 6.28. The van der Waals surface area contributed by atoms with Gasteiger partial charge in [0.1, 0.15) is 5.82 Å². The molecule has 0 fully saturated rings. The van der Waals surface area contributed by atoms with E-state index in [2.05, 4.69) is 16.7 Å². The minimum Gasteiger partial charge on any atom is -0.476 e. The van der Waals surface area contributed by atoms with Crippen LogP contribution >= 0.6 is 0 Å². The van der Waals surface area contributed by atoms with Crippen molar-refractivity contribution in [2.45, 2.75) is 6.92 Å². The van der Waals surface area contributed by atoms with Crippen LogP contribution in [0.1, 0.15) is 17.3 Å². The molecule has 0 spiro atoms. The van der Waals surface area contributed by atoms with Crippen molar-refractivity contribution >= 4 is 23.4 Å². The number of hydrogen-bond acceptors (Lipinski definition) is 5. The molecule has 0 radical (unpaired) electrons. The first-order valence-corrected chi connectivity index (χ1v) is 5.76. The summed E-state index contributed by atoms with van der Waals surface area (Å²) >= 11 is 0. The van der Waals surface area contributed by atoms with Gasteiger partial charge in [-0.2, -0.15) is 5.01 Å². The summed E-state index contributed by atoms with van der Waals surface area (Å²) in [4.78, 5) is 26.5. The van der Waals surface area contributed by atoms with Crippen LogP contribution in [-0.2, 0) is 9.53 Å². The van der Waals surface area contributed by atoms with Crippen molar-refractivity contribution in [3.05, 3.63) is 30.0 Å². The van der Waals surface area contributed by atoms with Gasteiger partial charge in [0.05, 0.1) is 24.3 Å². The highest BCUT2D eigenvalue weighted by Crippen LogP contribution is 2.25. The number of H-pyrrole nitrogens is 1.